The number of pyridine rings is 1. The Labute approximate surface area is 147 Å². The van der Waals surface area contributed by atoms with Crippen LogP contribution in [0.15, 0.2) is 30.5 Å². The van der Waals surface area contributed by atoms with Crippen molar-refractivity contribution in [1.29, 1.82) is 0 Å². The molecule has 6 nitrogen and oxygen atoms in total. The number of hydrogen-bond acceptors (Lipinski definition) is 6. The smallest absolute Gasteiger partial charge is 0.295 e. The molecule has 0 atom stereocenters. The number of nitrogens with zero attached hydrogens (tertiary/aromatic N) is 3. The summed E-state index contributed by atoms with van der Waals surface area (Å²) >= 11 is 1.12. The van der Waals surface area contributed by atoms with Crippen molar-refractivity contribution in [2.24, 2.45) is 0 Å². The third-order valence-corrected chi connectivity index (χ3v) is 4.37. The lowest BCUT2D eigenvalue weighted by Crippen LogP contribution is -2.14. The van der Waals surface area contributed by atoms with Crippen molar-refractivity contribution in [2.75, 3.05) is 12.4 Å². The average Bonchev–Trinajstić information content (AvgIpc) is 3.02. The number of halogens is 1. The second-order valence-corrected chi connectivity index (χ2v) is 6.30. The van der Waals surface area contributed by atoms with Crippen LogP contribution in [-0.4, -0.2) is 28.2 Å². The number of hydrogen-bond donors (Lipinski definition) is 1. The van der Waals surface area contributed by atoms with Crippen LogP contribution in [0, 0.1) is 19.7 Å². The van der Waals surface area contributed by atoms with Crippen LogP contribution < -0.4 is 10.1 Å². The second kappa shape index (κ2) is 6.94. The summed E-state index contributed by atoms with van der Waals surface area (Å²) in [7, 11) is 1.48. The molecule has 128 valence electrons. The number of carbonyl (C=O) groups excluding carboxylic acids is 1. The van der Waals surface area contributed by atoms with Gasteiger partial charge in [-0.05, 0) is 60.1 Å². The highest BCUT2D eigenvalue weighted by molar-refractivity contribution is 7.17. The van der Waals surface area contributed by atoms with Crippen molar-refractivity contribution < 1.29 is 13.9 Å². The third-order valence-electron chi connectivity index (χ3n) is 3.57. The van der Waals surface area contributed by atoms with Crippen LogP contribution in [0.25, 0.3) is 11.1 Å². The fourth-order valence-corrected chi connectivity index (χ4v) is 2.96. The molecule has 3 aromatic rings. The highest BCUT2D eigenvalue weighted by Crippen LogP contribution is 2.29. The van der Waals surface area contributed by atoms with Gasteiger partial charge in [-0.15, -0.1) is 5.10 Å². The molecule has 0 aliphatic heterocycles. The van der Waals surface area contributed by atoms with Crippen molar-refractivity contribution in [2.45, 2.75) is 13.8 Å². The monoisotopic (exact) mass is 358 g/mol. The quantitative estimate of drug-likeness (QED) is 0.771. The molecule has 2 aromatic heterocycles. The Morgan fingerprint density at radius 1 is 1.20 bits per heavy atom. The van der Waals surface area contributed by atoms with Gasteiger partial charge in [0.15, 0.2) is 0 Å². The summed E-state index contributed by atoms with van der Waals surface area (Å²) in [4.78, 5) is 16.9. The maximum absolute atomic E-state index is 13.4. The minimum atomic E-state index is -0.370. The summed E-state index contributed by atoms with van der Waals surface area (Å²) in [5.74, 6) is -0.691. The van der Waals surface area contributed by atoms with E-state index in [1.165, 1.54) is 25.4 Å². The Kier molecular flexibility index (Phi) is 4.71. The number of benzene rings is 1. The van der Waals surface area contributed by atoms with Crippen LogP contribution in [0.2, 0.25) is 0 Å². The van der Waals surface area contributed by atoms with E-state index in [2.05, 4.69) is 20.5 Å². The lowest BCUT2D eigenvalue weighted by atomic mass is 9.96. The largest absolute Gasteiger partial charge is 0.472 e. The van der Waals surface area contributed by atoms with E-state index >= 15 is 0 Å². The van der Waals surface area contributed by atoms with E-state index in [9.17, 15) is 9.18 Å². The topological polar surface area (TPSA) is 77.0 Å². The Bertz CT molecular complexity index is 942. The van der Waals surface area contributed by atoms with Gasteiger partial charge in [0.25, 0.3) is 11.1 Å². The number of amides is 1. The van der Waals surface area contributed by atoms with E-state index in [0.29, 0.717) is 21.5 Å². The summed E-state index contributed by atoms with van der Waals surface area (Å²) < 4.78 is 18.4. The van der Waals surface area contributed by atoms with Crippen LogP contribution in [0.4, 0.5) is 9.52 Å². The molecule has 3 rings (SSSR count). The average molecular weight is 358 g/mol. The van der Waals surface area contributed by atoms with Gasteiger partial charge in [0.2, 0.25) is 5.13 Å². The van der Waals surface area contributed by atoms with Crippen LogP contribution in [0.5, 0.6) is 5.19 Å². The lowest BCUT2D eigenvalue weighted by Gasteiger charge is -2.12. The third kappa shape index (κ3) is 3.63. The van der Waals surface area contributed by atoms with E-state index in [1.54, 1.807) is 19.1 Å². The zero-order chi connectivity index (χ0) is 18.0. The number of ether oxygens (including phenoxy) is 1. The lowest BCUT2D eigenvalue weighted by molar-refractivity contribution is 0.102. The molecular formula is C17H15FN4O2S. The SMILES string of the molecule is COc1nnc(NC(=O)c2cnc(C)cc2-c2ccc(F)cc2C)s1. The van der Waals surface area contributed by atoms with Crippen molar-refractivity contribution >= 4 is 22.4 Å². The first-order chi connectivity index (χ1) is 12.0. The van der Waals surface area contributed by atoms with Gasteiger partial charge in [-0.1, -0.05) is 11.2 Å². The van der Waals surface area contributed by atoms with Gasteiger partial charge in [-0.25, -0.2) is 4.39 Å². The molecule has 8 heteroatoms. The molecule has 0 spiro atoms. The summed E-state index contributed by atoms with van der Waals surface area (Å²) in [6.07, 6.45) is 1.50. The van der Waals surface area contributed by atoms with Crippen molar-refractivity contribution in [3.8, 4) is 16.3 Å². The van der Waals surface area contributed by atoms with E-state index in [1.807, 2.05) is 6.92 Å². The van der Waals surface area contributed by atoms with Gasteiger partial charge in [-0.2, -0.15) is 0 Å². The van der Waals surface area contributed by atoms with Crippen molar-refractivity contribution in [3.05, 3.63) is 53.1 Å². The Morgan fingerprint density at radius 2 is 2.00 bits per heavy atom. The molecule has 0 fully saturated rings. The number of carbonyl (C=O) groups is 1. The Balaban J connectivity index is 1.99. The minimum absolute atomic E-state index is 0.320. The molecular weight excluding hydrogens is 343 g/mol. The first kappa shape index (κ1) is 17.0. The number of aryl methyl sites for hydroxylation is 2. The number of aromatic nitrogens is 3. The van der Waals surface area contributed by atoms with E-state index < -0.39 is 0 Å². The molecule has 0 unspecified atom stereocenters. The van der Waals surface area contributed by atoms with Crippen LogP contribution >= 0.6 is 11.3 Å². The predicted molar refractivity (Wildman–Crippen MR) is 93.5 cm³/mol. The summed E-state index contributed by atoms with van der Waals surface area (Å²) in [5.41, 5.74) is 3.31. The number of nitrogens with one attached hydrogen (secondary N) is 1. The molecule has 2 heterocycles. The van der Waals surface area contributed by atoms with Gasteiger partial charge < -0.3 is 4.74 Å². The van der Waals surface area contributed by atoms with E-state index in [-0.39, 0.29) is 11.7 Å². The number of anilines is 1. The number of methoxy groups -OCH3 is 1. The maximum Gasteiger partial charge on any atom is 0.295 e. The molecule has 0 aliphatic carbocycles. The van der Waals surface area contributed by atoms with Gasteiger partial charge in [0.05, 0.1) is 12.7 Å². The highest BCUT2D eigenvalue weighted by atomic mass is 32.1. The van der Waals surface area contributed by atoms with E-state index in [0.717, 1.165) is 28.2 Å². The Hall–Kier alpha value is -2.87. The van der Waals surface area contributed by atoms with Gasteiger partial charge in [0.1, 0.15) is 5.82 Å². The molecule has 0 bridgehead atoms. The molecule has 0 aliphatic rings. The molecule has 1 amide bonds. The molecule has 0 saturated carbocycles. The van der Waals surface area contributed by atoms with Crippen molar-refractivity contribution in [3.63, 3.8) is 0 Å². The van der Waals surface area contributed by atoms with Gasteiger partial charge in [0, 0.05) is 11.9 Å². The molecule has 25 heavy (non-hydrogen) atoms. The van der Waals surface area contributed by atoms with Gasteiger partial charge >= 0.3 is 0 Å². The zero-order valence-corrected chi connectivity index (χ0v) is 14.6. The summed E-state index contributed by atoms with van der Waals surface area (Å²) in [5, 5.41) is 11.0. The summed E-state index contributed by atoms with van der Waals surface area (Å²) in [6, 6.07) is 6.26. The van der Waals surface area contributed by atoms with Crippen LogP contribution in [-0.2, 0) is 0 Å². The molecule has 0 radical (unpaired) electrons. The second-order valence-electron chi connectivity index (χ2n) is 5.36. The maximum atomic E-state index is 13.4. The first-order valence-electron chi connectivity index (χ1n) is 7.40. The minimum Gasteiger partial charge on any atom is -0.472 e. The zero-order valence-electron chi connectivity index (χ0n) is 13.8. The van der Waals surface area contributed by atoms with Crippen LogP contribution in [0.3, 0.4) is 0 Å². The molecule has 1 aromatic carbocycles. The van der Waals surface area contributed by atoms with Gasteiger partial charge in [-0.3, -0.25) is 15.1 Å². The molecule has 0 saturated heterocycles. The van der Waals surface area contributed by atoms with Crippen molar-refractivity contribution in [1.82, 2.24) is 15.2 Å². The Morgan fingerprint density at radius 3 is 2.68 bits per heavy atom. The standard InChI is InChI=1S/C17H15FN4O2S/c1-9-6-11(18)4-5-12(9)13-7-10(2)19-8-14(13)15(23)20-16-21-22-17(24-3)25-16/h4-8H,1-3H3,(H,20,21,23). The summed E-state index contributed by atoms with van der Waals surface area (Å²) in [6.45, 7) is 3.63. The van der Waals surface area contributed by atoms with Crippen LogP contribution in [0.1, 0.15) is 21.6 Å². The molecule has 1 N–H and O–H groups in total. The predicted octanol–water partition coefficient (Wildman–Crippen LogP) is 3.62. The first-order valence-corrected chi connectivity index (χ1v) is 8.21. The fraction of sp³-hybridized carbons (Fsp3) is 0.176. The fourth-order valence-electron chi connectivity index (χ4n) is 2.40. The number of rotatable bonds is 4. The normalized spacial score (nSPS) is 10.6. The van der Waals surface area contributed by atoms with E-state index in [4.69, 9.17) is 4.74 Å². The highest BCUT2D eigenvalue weighted by Gasteiger charge is 2.17.